The van der Waals surface area contributed by atoms with E-state index in [0.29, 0.717) is 23.0 Å². The minimum atomic E-state index is -0.537. The van der Waals surface area contributed by atoms with Gasteiger partial charge in [0.25, 0.3) is 5.91 Å². The van der Waals surface area contributed by atoms with Crippen LogP contribution >= 0.6 is 11.8 Å². The van der Waals surface area contributed by atoms with Gasteiger partial charge >= 0.3 is 0 Å². The molecule has 0 spiro atoms. The van der Waals surface area contributed by atoms with E-state index in [0.717, 1.165) is 18.0 Å². The van der Waals surface area contributed by atoms with E-state index in [2.05, 4.69) is 36.1 Å². The van der Waals surface area contributed by atoms with Crippen LogP contribution in [0, 0.1) is 11.7 Å². The highest BCUT2D eigenvalue weighted by Gasteiger charge is 2.31. The molecule has 3 atom stereocenters. The van der Waals surface area contributed by atoms with E-state index in [1.165, 1.54) is 12.1 Å². The second-order valence-electron chi connectivity index (χ2n) is 6.82. The van der Waals surface area contributed by atoms with Crippen molar-refractivity contribution in [2.24, 2.45) is 5.92 Å². The van der Waals surface area contributed by atoms with Crippen LogP contribution in [0.25, 0.3) is 0 Å². The summed E-state index contributed by atoms with van der Waals surface area (Å²) < 4.78 is 13.8. The fraction of sp³-hybridized carbons (Fsp3) is 0.400. The third kappa shape index (κ3) is 4.24. The van der Waals surface area contributed by atoms with Crippen molar-refractivity contribution in [3.8, 4) is 0 Å². The van der Waals surface area contributed by atoms with Crippen LogP contribution in [0.1, 0.15) is 30.6 Å². The maximum absolute atomic E-state index is 13.8. The van der Waals surface area contributed by atoms with Gasteiger partial charge in [0.05, 0.1) is 10.6 Å². The molecule has 4 nitrogen and oxygen atoms in total. The second-order valence-corrected chi connectivity index (χ2v) is 8.08. The standard InChI is InChI=1S/C20H24FN3OS/c1-13-14(2)24(3)12-11-17(13)26-19-10-6-9-18(22-19)23-20(25)15-7-4-5-8-16(15)21/h4-10,13-14,17H,11-12H2,1-3H3,(H,22,23,25). The number of piperidine rings is 1. The van der Waals surface area contributed by atoms with E-state index in [9.17, 15) is 9.18 Å². The van der Waals surface area contributed by atoms with Gasteiger partial charge in [0.1, 0.15) is 11.6 Å². The fourth-order valence-electron chi connectivity index (χ4n) is 3.21. The SMILES string of the molecule is CC1C(Sc2cccc(NC(=O)c3ccccc3F)n2)CCN(C)C1C. The Labute approximate surface area is 158 Å². The highest BCUT2D eigenvalue weighted by molar-refractivity contribution is 7.99. The zero-order chi connectivity index (χ0) is 18.7. The van der Waals surface area contributed by atoms with Gasteiger partial charge in [-0.15, -0.1) is 11.8 Å². The highest BCUT2D eigenvalue weighted by Crippen LogP contribution is 2.35. The molecule has 1 amide bonds. The molecule has 1 aliphatic heterocycles. The summed E-state index contributed by atoms with van der Waals surface area (Å²) in [4.78, 5) is 19.2. The molecule has 1 aromatic carbocycles. The molecule has 26 heavy (non-hydrogen) atoms. The molecule has 1 saturated heterocycles. The quantitative estimate of drug-likeness (QED) is 0.868. The summed E-state index contributed by atoms with van der Waals surface area (Å²) in [5.74, 6) is -0.0298. The number of nitrogens with one attached hydrogen (secondary N) is 1. The molecule has 138 valence electrons. The normalized spacial score (nSPS) is 23.6. The summed E-state index contributed by atoms with van der Waals surface area (Å²) in [6, 6.07) is 12.0. The van der Waals surface area contributed by atoms with E-state index in [4.69, 9.17) is 0 Å². The van der Waals surface area contributed by atoms with Gasteiger partial charge in [-0.05, 0) is 57.1 Å². The molecule has 2 heterocycles. The van der Waals surface area contributed by atoms with Crippen LogP contribution in [-0.4, -0.2) is 40.7 Å². The molecule has 1 N–H and O–H groups in total. The van der Waals surface area contributed by atoms with Crippen molar-refractivity contribution in [2.75, 3.05) is 18.9 Å². The average molecular weight is 373 g/mol. The number of thioether (sulfide) groups is 1. The second kappa shape index (κ2) is 8.18. The van der Waals surface area contributed by atoms with E-state index in [1.807, 2.05) is 12.1 Å². The van der Waals surface area contributed by atoms with Crippen molar-refractivity contribution in [1.29, 1.82) is 0 Å². The number of nitrogens with zero attached hydrogens (tertiary/aromatic N) is 2. The van der Waals surface area contributed by atoms with E-state index in [-0.39, 0.29) is 5.56 Å². The van der Waals surface area contributed by atoms with Gasteiger partial charge in [-0.1, -0.05) is 25.1 Å². The maximum atomic E-state index is 13.8. The number of benzene rings is 1. The van der Waals surface area contributed by atoms with E-state index < -0.39 is 11.7 Å². The third-order valence-corrected chi connectivity index (χ3v) is 6.60. The number of amides is 1. The Morgan fingerprint density at radius 2 is 2.00 bits per heavy atom. The summed E-state index contributed by atoms with van der Waals surface area (Å²) in [6.07, 6.45) is 1.11. The predicted octanol–water partition coefficient (Wildman–Crippen LogP) is 4.29. The number of anilines is 1. The van der Waals surface area contributed by atoms with Gasteiger partial charge in [-0.25, -0.2) is 9.37 Å². The van der Waals surface area contributed by atoms with Crippen molar-refractivity contribution in [1.82, 2.24) is 9.88 Å². The topological polar surface area (TPSA) is 45.2 Å². The molecule has 6 heteroatoms. The van der Waals surface area contributed by atoms with Gasteiger partial charge in [0.2, 0.25) is 0 Å². The smallest absolute Gasteiger partial charge is 0.259 e. The number of hydrogen-bond donors (Lipinski definition) is 1. The lowest BCUT2D eigenvalue weighted by Crippen LogP contribution is -2.45. The molecule has 0 bridgehead atoms. The summed E-state index contributed by atoms with van der Waals surface area (Å²) in [5, 5.41) is 4.06. The van der Waals surface area contributed by atoms with Crippen molar-refractivity contribution >= 4 is 23.5 Å². The minimum Gasteiger partial charge on any atom is -0.306 e. The van der Waals surface area contributed by atoms with E-state index in [1.54, 1.807) is 30.0 Å². The number of pyridine rings is 1. The number of likely N-dealkylation sites (tertiary alicyclic amines) is 1. The zero-order valence-electron chi connectivity index (χ0n) is 15.3. The fourth-order valence-corrected chi connectivity index (χ4v) is 4.49. The highest BCUT2D eigenvalue weighted by atomic mass is 32.2. The zero-order valence-corrected chi connectivity index (χ0v) is 16.1. The lowest BCUT2D eigenvalue weighted by Gasteiger charge is -2.40. The number of aromatic nitrogens is 1. The van der Waals surface area contributed by atoms with Crippen LogP contribution in [0.3, 0.4) is 0 Å². The van der Waals surface area contributed by atoms with Gasteiger partial charge in [-0.2, -0.15) is 0 Å². The monoisotopic (exact) mass is 373 g/mol. The van der Waals surface area contributed by atoms with Crippen LogP contribution < -0.4 is 5.32 Å². The Balaban J connectivity index is 1.69. The lowest BCUT2D eigenvalue weighted by molar-refractivity contribution is 0.102. The molecule has 1 aromatic heterocycles. The Morgan fingerprint density at radius 1 is 1.23 bits per heavy atom. The van der Waals surface area contributed by atoms with Gasteiger partial charge < -0.3 is 10.2 Å². The summed E-state index contributed by atoms with van der Waals surface area (Å²) >= 11 is 1.76. The van der Waals surface area contributed by atoms with Crippen LogP contribution in [0.5, 0.6) is 0 Å². The molecule has 3 unspecified atom stereocenters. The molecular weight excluding hydrogens is 349 g/mol. The summed E-state index contributed by atoms with van der Waals surface area (Å²) in [5.41, 5.74) is 0.0186. The van der Waals surface area contributed by atoms with Crippen LogP contribution in [0.4, 0.5) is 10.2 Å². The first-order valence-electron chi connectivity index (χ1n) is 8.85. The Morgan fingerprint density at radius 3 is 2.77 bits per heavy atom. The number of carbonyl (C=O) groups excluding carboxylic acids is 1. The van der Waals surface area contributed by atoms with Crippen LogP contribution in [0.15, 0.2) is 47.5 Å². The first-order chi connectivity index (χ1) is 12.5. The molecule has 3 rings (SSSR count). The molecule has 2 aromatic rings. The van der Waals surface area contributed by atoms with E-state index >= 15 is 0 Å². The number of rotatable bonds is 4. The lowest BCUT2D eigenvalue weighted by atomic mass is 9.92. The van der Waals surface area contributed by atoms with Crippen molar-refractivity contribution in [3.63, 3.8) is 0 Å². The van der Waals surface area contributed by atoms with Gasteiger partial charge in [0.15, 0.2) is 0 Å². The Bertz CT molecular complexity index is 785. The van der Waals surface area contributed by atoms with Crippen LogP contribution in [-0.2, 0) is 0 Å². The summed E-state index contributed by atoms with van der Waals surface area (Å²) in [6.45, 7) is 5.62. The van der Waals surface area contributed by atoms with Crippen molar-refractivity contribution in [3.05, 3.63) is 53.8 Å². The molecule has 0 saturated carbocycles. The molecule has 1 aliphatic rings. The molecule has 0 aliphatic carbocycles. The largest absolute Gasteiger partial charge is 0.306 e. The molecule has 0 radical (unpaired) electrons. The number of halogens is 1. The Kier molecular flexibility index (Phi) is 5.94. The van der Waals surface area contributed by atoms with Crippen LogP contribution in [0.2, 0.25) is 0 Å². The molecular formula is C20H24FN3OS. The van der Waals surface area contributed by atoms with Gasteiger partial charge in [0, 0.05) is 11.3 Å². The van der Waals surface area contributed by atoms with Crippen molar-refractivity contribution < 1.29 is 9.18 Å². The van der Waals surface area contributed by atoms with Gasteiger partial charge in [-0.3, -0.25) is 4.79 Å². The first-order valence-corrected chi connectivity index (χ1v) is 9.73. The number of hydrogen-bond acceptors (Lipinski definition) is 4. The first kappa shape index (κ1) is 18.9. The van der Waals surface area contributed by atoms with Crippen molar-refractivity contribution in [2.45, 2.75) is 36.6 Å². The molecule has 1 fully saturated rings. The number of carbonyl (C=O) groups is 1. The minimum absolute atomic E-state index is 0.0186. The third-order valence-electron chi connectivity index (χ3n) is 5.16. The maximum Gasteiger partial charge on any atom is 0.259 e. The summed E-state index contributed by atoms with van der Waals surface area (Å²) in [7, 11) is 2.17. The average Bonchev–Trinajstić information content (AvgIpc) is 2.63. The predicted molar refractivity (Wildman–Crippen MR) is 104 cm³/mol. The Hall–Kier alpha value is -1.92.